The summed E-state index contributed by atoms with van der Waals surface area (Å²) in [6.45, 7) is 0.422. The molecule has 134 valence electrons. The van der Waals surface area contributed by atoms with Crippen LogP contribution in [0, 0.1) is 5.92 Å². The highest BCUT2D eigenvalue weighted by molar-refractivity contribution is 7.86. The molecule has 1 aliphatic rings. The van der Waals surface area contributed by atoms with E-state index in [2.05, 4.69) is 5.10 Å². The largest absolute Gasteiger partial charge is 0.464 e. The highest BCUT2D eigenvalue weighted by Gasteiger charge is 2.29. The number of fused-ring (bicyclic) bond motifs is 3. The van der Waals surface area contributed by atoms with Crippen LogP contribution >= 0.6 is 0 Å². The number of hydrogen-bond donors (Lipinski definition) is 0. The van der Waals surface area contributed by atoms with Crippen molar-refractivity contribution >= 4 is 32.0 Å². The summed E-state index contributed by atoms with van der Waals surface area (Å²) < 4.78 is 36.4. The minimum absolute atomic E-state index is 0.242. The summed E-state index contributed by atoms with van der Waals surface area (Å²) in [5, 5.41) is 6.48. The molecule has 0 N–H and O–H groups in total. The maximum absolute atomic E-state index is 11.8. The molecule has 4 rings (SSSR count). The van der Waals surface area contributed by atoms with E-state index in [1.54, 1.807) is 12.5 Å². The van der Waals surface area contributed by atoms with Crippen LogP contribution in [0.4, 0.5) is 0 Å². The third kappa shape index (κ3) is 3.43. The van der Waals surface area contributed by atoms with Crippen molar-refractivity contribution in [3.05, 3.63) is 30.7 Å². The van der Waals surface area contributed by atoms with Crippen LogP contribution in [0.15, 0.2) is 35.1 Å². The highest BCUT2D eigenvalue weighted by atomic mass is 32.2. The fourth-order valence-electron chi connectivity index (χ4n) is 3.92. The van der Waals surface area contributed by atoms with Gasteiger partial charge in [-0.1, -0.05) is 19.3 Å². The molecule has 0 aliphatic heterocycles. The predicted molar refractivity (Wildman–Crippen MR) is 95.8 cm³/mol. The molecule has 1 unspecified atom stereocenters. The standard InChI is InChI=1S/C18H22N2O4S/c1-25(21,22)24-17(13-5-3-2-4-6-13)12-20-18-14(11-19-20)7-8-16-15(18)9-10-23-16/h7-11,13,17H,2-6,12H2,1H3. The van der Waals surface area contributed by atoms with Gasteiger partial charge in [-0.15, -0.1) is 0 Å². The van der Waals surface area contributed by atoms with E-state index in [1.165, 1.54) is 6.42 Å². The number of furan rings is 1. The van der Waals surface area contributed by atoms with Gasteiger partial charge >= 0.3 is 0 Å². The van der Waals surface area contributed by atoms with Crippen LogP contribution in [0.3, 0.4) is 0 Å². The van der Waals surface area contributed by atoms with Crippen LogP contribution in [-0.2, 0) is 20.8 Å². The van der Waals surface area contributed by atoms with Gasteiger partial charge in [-0.2, -0.15) is 13.5 Å². The molecule has 1 aliphatic carbocycles. The van der Waals surface area contributed by atoms with Crippen molar-refractivity contribution in [3.63, 3.8) is 0 Å². The molecule has 1 saturated carbocycles. The van der Waals surface area contributed by atoms with E-state index in [0.717, 1.165) is 53.8 Å². The lowest BCUT2D eigenvalue weighted by molar-refractivity contribution is 0.0968. The molecule has 0 radical (unpaired) electrons. The molecule has 2 heterocycles. The molecule has 1 aromatic carbocycles. The quantitative estimate of drug-likeness (QED) is 0.647. The average Bonchev–Trinajstić information content (AvgIpc) is 3.20. The third-order valence-electron chi connectivity index (χ3n) is 5.06. The van der Waals surface area contributed by atoms with Gasteiger partial charge in [0.15, 0.2) is 0 Å². The predicted octanol–water partition coefficient (Wildman–Crippen LogP) is 3.71. The Morgan fingerprint density at radius 3 is 2.84 bits per heavy atom. The van der Waals surface area contributed by atoms with Crippen LogP contribution in [0.25, 0.3) is 21.9 Å². The molecule has 0 saturated heterocycles. The van der Waals surface area contributed by atoms with E-state index in [0.29, 0.717) is 6.54 Å². The van der Waals surface area contributed by atoms with Crippen molar-refractivity contribution < 1.29 is 17.0 Å². The summed E-state index contributed by atoms with van der Waals surface area (Å²) in [4.78, 5) is 0. The Bertz CT molecular complexity index is 983. The van der Waals surface area contributed by atoms with Crippen LogP contribution in [0.2, 0.25) is 0 Å². The molecule has 2 aromatic heterocycles. The Labute approximate surface area is 146 Å². The molecular weight excluding hydrogens is 340 g/mol. The summed E-state index contributed by atoms with van der Waals surface area (Å²) in [7, 11) is -3.52. The van der Waals surface area contributed by atoms with Crippen molar-refractivity contribution in [2.45, 2.75) is 44.8 Å². The Hall–Kier alpha value is -1.86. The minimum atomic E-state index is -3.52. The van der Waals surface area contributed by atoms with E-state index in [-0.39, 0.29) is 12.0 Å². The van der Waals surface area contributed by atoms with Gasteiger partial charge in [-0.3, -0.25) is 8.86 Å². The van der Waals surface area contributed by atoms with Gasteiger partial charge in [0.05, 0.1) is 36.9 Å². The summed E-state index contributed by atoms with van der Waals surface area (Å²) in [5.41, 5.74) is 1.76. The second-order valence-electron chi connectivity index (χ2n) is 6.90. The van der Waals surface area contributed by atoms with Crippen LogP contribution in [0.5, 0.6) is 0 Å². The van der Waals surface area contributed by atoms with Crippen LogP contribution in [0.1, 0.15) is 32.1 Å². The molecule has 0 amide bonds. The molecule has 0 spiro atoms. The molecule has 25 heavy (non-hydrogen) atoms. The Kier molecular flexibility index (Phi) is 4.29. The van der Waals surface area contributed by atoms with Gasteiger partial charge in [0.25, 0.3) is 10.1 Å². The number of rotatable bonds is 5. The highest BCUT2D eigenvalue weighted by Crippen LogP contribution is 2.31. The van der Waals surface area contributed by atoms with Gasteiger partial charge in [-0.05, 0) is 37.0 Å². The van der Waals surface area contributed by atoms with Gasteiger partial charge in [0.1, 0.15) is 5.58 Å². The monoisotopic (exact) mass is 362 g/mol. The fourth-order valence-corrected chi connectivity index (χ4v) is 4.59. The van der Waals surface area contributed by atoms with Crippen LogP contribution < -0.4 is 0 Å². The maximum atomic E-state index is 11.8. The molecule has 6 nitrogen and oxygen atoms in total. The fraction of sp³-hybridized carbons (Fsp3) is 0.500. The Balaban J connectivity index is 1.71. The summed E-state index contributed by atoms with van der Waals surface area (Å²) in [5.74, 6) is 0.242. The molecule has 0 bridgehead atoms. The first-order chi connectivity index (χ1) is 12.0. The Morgan fingerprint density at radius 1 is 1.28 bits per heavy atom. The summed E-state index contributed by atoms with van der Waals surface area (Å²) in [6, 6.07) is 5.82. The van der Waals surface area contributed by atoms with Gasteiger partial charge in [0.2, 0.25) is 0 Å². The first-order valence-electron chi connectivity index (χ1n) is 8.71. The van der Waals surface area contributed by atoms with E-state index in [4.69, 9.17) is 8.60 Å². The average molecular weight is 362 g/mol. The molecular formula is C18H22N2O4S. The zero-order valence-corrected chi connectivity index (χ0v) is 15.0. The molecule has 7 heteroatoms. The van der Waals surface area contributed by atoms with Gasteiger partial charge in [-0.25, -0.2) is 0 Å². The van der Waals surface area contributed by atoms with Gasteiger partial charge < -0.3 is 4.42 Å². The number of nitrogens with zero attached hydrogens (tertiary/aromatic N) is 2. The lowest BCUT2D eigenvalue weighted by Crippen LogP contribution is -2.32. The topological polar surface area (TPSA) is 74.3 Å². The molecule has 1 fully saturated rings. The zero-order valence-electron chi connectivity index (χ0n) is 14.2. The lowest BCUT2D eigenvalue weighted by atomic mass is 9.85. The number of aromatic nitrogens is 2. The van der Waals surface area contributed by atoms with Gasteiger partial charge in [0, 0.05) is 10.8 Å². The van der Waals surface area contributed by atoms with E-state index < -0.39 is 10.1 Å². The zero-order chi connectivity index (χ0) is 17.4. The number of hydrogen-bond acceptors (Lipinski definition) is 5. The second kappa shape index (κ2) is 6.46. The van der Waals surface area contributed by atoms with Crippen molar-refractivity contribution in [1.82, 2.24) is 9.78 Å². The molecule has 1 atom stereocenters. The summed E-state index contributed by atoms with van der Waals surface area (Å²) >= 11 is 0. The SMILES string of the molecule is CS(=O)(=O)OC(Cn1ncc2ccc3occc3c21)C1CCCCC1. The first kappa shape index (κ1) is 16.6. The first-order valence-corrected chi connectivity index (χ1v) is 10.5. The maximum Gasteiger partial charge on any atom is 0.264 e. The van der Waals surface area contributed by atoms with Crippen molar-refractivity contribution in [1.29, 1.82) is 0 Å². The smallest absolute Gasteiger partial charge is 0.264 e. The Morgan fingerprint density at radius 2 is 2.08 bits per heavy atom. The number of benzene rings is 1. The van der Waals surface area contributed by atoms with E-state index >= 15 is 0 Å². The van der Waals surface area contributed by atoms with Crippen LogP contribution in [-0.4, -0.2) is 30.6 Å². The van der Waals surface area contributed by atoms with E-state index in [9.17, 15) is 8.42 Å². The second-order valence-corrected chi connectivity index (χ2v) is 8.50. The minimum Gasteiger partial charge on any atom is -0.464 e. The van der Waals surface area contributed by atoms with Crippen molar-refractivity contribution in [2.75, 3.05) is 6.26 Å². The third-order valence-corrected chi connectivity index (χ3v) is 5.66. The van der Waals surface area contributed by atoms with Crippen molar-refractivity contribution in [3.8, 4) is 0 Å². The van der Waals surface area contributed by atoms with Crippen molar-refractivity contribution in [2.24, 2.45) is 5.92 Å². The lowest BCUT2D eigenvalue weighted by Gasteiger charge is -2.29. The molecule has 3 aromatic rings. The normalized spacial score (nSPS) is 18.1. The van der Waals surface area contributed by atoms with E-state index in [1.807, 2.05) is 22.9 Å². The summed E-state index contributed by atoms with van der Waals surface area (Å²) in [6.07, 6.45) is 9.66.